The first-order chi connectivity index (χ1) is 8.83. The van der Waals surface area contributed by atoms with Gasteiger partial charge < -0.3 is 9.84 Å². The number of aliphatic hydroxyl groups is 1. The number of unbranched alkanes of at least 4 members (excludes halogenated alkanes) is 1. The molecule has 3 heteroatoms. The molecule has 1 aliphatic heterocycles. The van der Waals surface area contributed by atoms with Crippen LogP contribution in [0.2, 0.25) is 0 Å². The summed E-state index contributed by atoms with van der Waals surface area (Å²) in [6.07, 6.45) is 4.81. The molecule has 1 aromatic carbocycles. The van der Waals surface area contributed by atoms with Crippen LogP contribution in [0.15, 0.2) is 35.2 Å². The fraction of sp³-hybridized carbons (Fsp3) is 0.600. The number of aliphatic hydroxyl groups excluding tert-OH is 1. The summed E-state index contributed by atoms with van der Waals surface area (Å²) in [4.78, 5) is 1.30. The summed E-state index contributed by atoms with van der Waals surface area (Å²) < 4.78 is 5.93. The third-order valence-electron chi connectivity index (χ3n) is 3.35. The third kappa shape index (κ3) is 3.74. The van der Waals surface area contributed by atoms with Crippen LogP contribution < -0.4 is 0 Å². The van der Waals surface area contributed by atoms with Gasteiger partial charge in [-0.1, -0.05) is 38.0 Å². The lowest BCUT2D eigenvalue weighted by atomic mass is 10.1. The highest BCUT2D eigenvalue weighted by Crippen LogP contribution is 2.37. The summed E-state index contributed by atoms with van der Waals surface area (Å²) in [5, 5.41) is 9.74. The summed E-state index contributed by atoms with van der Waals surface area (Å²) >= 11 is 1.89. The summed E-state index contributed by atoms with van der Waals surface area (Å²) in [6.45, 7) is 2.35. The van der Waals surface area contributed by atoms with E-state index in [0.29, 0.717) is 11.4 Å². The molecule has 2 nitrogen and oxygen atoms in total. The Morgan fingerprint density at radius 1 is 1.33 bits per heavy atom. The fourth-order valence-electron chi connectivity index (χ4n) is 2.38. The van der Waals surface area contributed by atoms with Crippen molar-refractivity contribution in [2.75, 3.05) is 6.61 Å². The second-order valence-electron chi connectivity index (χ2n) is 4.83. The average molecular weight is 266 g/mol. The van der Waals surface area contributed by atoms with E-state index >= 15 is 0 Å². The monoisotopic (exact) mass is 266 g/mol. The molecule has 3 atom stereocenters. The quantitative estimate of drug-likeness (QED) is 0.854. The van der Waals surface area contributed by atoms with Crippen LogP contribution in [-0.2, 0) is 4.74 Å². The van der Waals surface area contributed by atoms with Gasteiger partial charge in [0.05, 0.1) is 18.8 Å². The van der Waals surface area contributed by atoms with E-state index in [1.54, 1.807) is 0 Å². The maximum Gasteiger partial charge on any atom is 0.0821 e. The van der Waals surface area contributed by atoms with Crippen LogP contribution in [0.3, 0.4) is 0 Å². The standard InChI is InChI=1S/C15H22O2S/c1-2-3-9-14-15(10-12(11-16)17-14)18-13-7-5-4-6-8-13/h4-8,12,14-16H,2-3,9-11H2,1H3/t12-,14-,15-/m0/s1. The number of benzene rings is 1. The Labute approximate surface area is 114 Å². The van der Waals surface area contributed by atoms with Gasteiger partial charge in [0, 0.05) is 10.1 Å². The van der Waals surface area contributed by atoms with E-state index in [4.69, 9.17) is 4.74 Å². The van der Waals surface area contributed by atoms with Gasteiger partial charge in [0.2, 0.25) is 0 Å². The van der Waals surface area contributed by atoms with Crippen molar-refractivity contribution in [2.24, 2.45) is 0 Å². The first-order valence-electron chi connectivity index (χ1n) is 6.81. The van der Waals surface area contributed by atoms with Crippen LogP contribution in [0.5, 0.6) is 0 Å². The van der Waals surface area contributed by atoms with Crippen molar-refractivity contribution in [3.05, 3.63) is 30.3 Å². The number of thioether (sulfide) groups is 1. The van der Waals surface area contributed by atoms with Gasteiger partial charge in [0.1, 0.15) is 0 Å². The fourth-order valence-corrected chi connectivity index (χ4v) is 3.70. The molecule has 1 fully saturated rings. The molecule has 0 radical (unpaired) electrons. The van der Waals surface area contributed by atoms with Gasteiger partial charge in [-0.3, -0.25) is 0 Å². The summed E-state index contributed by atoms with van der Waals surface area (Å²) in [6, 6.07) is 10.5. The van der Waals surface area contributed by atoms with Crippen LogP contribution in [0, 0.1) is 0 Å². The Morgan fingerprint density at radius 2 is 2.11 bits per heavy atom. The van der Waals surface area contributed by atoms with Crippen molar-refractivity contribution in [1.82, 2.24) is 0 Å². The van der Waals surface area contributed by atoms with E-state index in [2.05, 4.69) is 31.2 Å². The first kappa shape index (κ1) is 13.9. The maximum absolute atomic E-state index is 9.26. The zero-order chi connectivity index (χ0) is 12.8. The Hall–Kier alpha value is -0.510. The smallest absolute Gasteiger partial charge is 0.0821 e. The van der Waals surface area contributed by atoms with E-state index in [1.807, 2.05) is 17.8 Å². The van der Waals surface area contributed by atoms with Crippen LogP contribution in [-0.4, -0.2) is 29.2 Å². The molecule has 0 aliphatic carbocycles. The molecule has 0 unspecified atom stereocenters. The van der Waals surface area contributed by atoms with Crippen molar-refractivity contribution in [1.29, 1.82) is 0 Å². The van der Waals surface area contributed by atoms with Crippen molar-refractivity contribution < 1.29 is 9.84 Å². The van der Waals surface area contributed by atoms with Crippen LogP contribution >= 0.6 is 11.8 Å². The van der Waals surface area contributed by atoms with Crippen molar-refractivity contribution in [2.45, 2.75) is 55.0 Å². The van der Waals surface area contributed by atoms with E-state index in [-0.39, 0.29) is 12.7 Å². The topological polar surface area (TPSA) is 29.5 Å². The van der Waals surface area contributed by atoms with Gasteiger partial charge in [-0.15, -0.1) is 11.8 Å². The molecule has 1 saturated heterocycles. The lowest BCUT2D eigenvalue weighted by molar-refractivity contribution is 0.00849. The molecule has 1 N–H and O–H groups in total. The van der Waals surface area contributed by atoms with Crippen LogP contribution in [0.25, 0.3) is 0 Å². The van der Waals surface area contributed by atoms with Gasteiger partial charge in [0.15, 0.2) is 0 Å². The maximum atomic E-state index is 9.26. The summed E-state index contributed by atoms with van der Waals surface area (Å²) in [5.41, 5.74) is 0. The molecule has 1 aliphatic rings. The van der Waals surface area contributed by atoms with Gasteiger partial charge in [-0.2, -0.15) is 0 Å². The number of hydrogen-bond acceptors (Lipinski definition) is 3. The van der Waals surface area contributed by atoms with Gasteiger partial charge in [0.25, 0.3) is 0 Å². The Kier molecular flexibility index (Phi) is 5.54. The molecular weight excluding hydrogens is 244 g/mol. The largest absolute Gasteiger partial charge is 0.394 e. The van der Waals surface area contributed by atoms with Gasteiger partial charge in [-0.25, -0.2) is 0 Å². The molecule has 2 rings (SSSR count). The lowest BCUT2D eigenvalue weighted by Crippen LogP contribution is -2.18. The van der Waals surface area contributed by atoms with Crippen molar-refractivity contribution in [3.63, 3.8) is 0 Å². The highest BCUT2D eigenvalue weighted by molar-refractivity contribution is 8.00. The molecule has 1 aromatic rings. The Morgan fingerprint density at radius 3 is 2.78 bits per heavy atom. The number of hydrogen-bond donors (Lipinski definition) is 1. The minimum absolute atomic E-state index is 0.0352. The molecule has 1 heterocycles. The second kappa shape index (κ2) is 7.17. The number of rotatable bonds is 6. The molecule has 0 spiro atoms. The first-order valence-corrected chi connectivity index (χ1v) is 7.69. The normalized spacial score (nSPS) is 27.6. The minimum atomic E-state index is 0.0352. The van der Waals surface area contributed by atoms with Crippen LogP contribution in [0.1, 0.15) is 32.6 Å². The zero-order valence-corrected chi connectivity index (χ0v) is 11.7. The number of ether oxygens (including phenoxy) is 1. The zero-order valence-electron chi connectivity index (χ0n) is 10.9. The Balaban J connectivity index is 1.95. The summed E-state index contributed by atoms with van der Waals surface area (Å²) in [5.74, 6) is 0. The predicted molar refractivity (Wildman–Crippen MR) is 76.0 cm³/mol. The van der Waals surface area contributed by atoms with Crippen molar-refractivity contribution in [3.8, 4) is 0 Å². The van der Waals surface area contributed by atoms with Gasteiger partial charge in [-0.05, 0) is 25.0 Å². The van der Waals surface area contributed by atoms with E-state index in [1.165, 1.54) is 17.7 Å². The molecular formula is C15H22O2S. The molecule has 0 amide bonds. The SMILES string of the molecule is CCCC[C@@H]1O[C@H](CO)C[C@@H]1Sc1ccccc1. The predicted octanol–water partition coefficient (Wildman–Crippen LogP) is 3.49. The highest BCUT2D eigenvalue weighted by atomic mass is 32.2. The molecule has 0 aromatic heterocycles. The molecule has 100 valence electrons. The average Bonchev–Trinajstić information content (AvgIpc) is 2.80. The van der Waals surface area contributed by atoms with E-state index < -0.39 is 0 Å². The lowest BCUT2D eigenvalue weighted by Gasteiger charge is -2.17. The van der Waals surface area contributed by atoms with Crippen LogP contribution in [0.4, 0.5) is 0 Å². The second-order valence-corrected chi connectivity index (χ2v) is 6.14. The summed E-state index contributed by atoms with van der Waals surface area (Å²) in [7, 11) is 0. The molecule has 0 bridgehead atoms. The third-order valence-corrected chi connectivity index (χ3v) is 4.70. The van der Waals surface area contributed by atoms with Crippen molar-refractivity contribution >= 4 is 11.8 Å². The molecule has 0 saturated carbocycles. The Bertz CT molecular complexity index is 342. The van der Waals surface area contributed by atoms with E-state index in [9.17, 15) is 5.11 Å². The minimum Gasteiger partial charge on any atom is -0.394 e. The van der Waals surface area contributed by atoms with E-state index in [0.717, 1.165) is 12.8 Å². The molecule has 18 heavy (non-hydrogen) atoms. The van der Waals surface area contributed by atoms with Gasteiger partial charge >= 0.3 is 0 Å². The highest BCUT2D eigenvalue weighted by Gasteiger charge is 2.34.